The third-order valence-electron chi connectivity index (χ3n) is 2.83. The number of nitrogens with zero attached hydrogens (tertiary/aromatic N) is 4. The second kappa shape index (κ2) is 9.52. The van der Waals surface area contributed by atoms with E-state index in [1.807, 2.05) is 24.4 Å². The van der Waals surface area contributed by atoms with Crippen molar-refractivity contribution in [2.45, 2.75) is 19.3 Å². The molecule has 2 aromatic heterocycles. The molecule has 2 N–H and O–H groups in total. The van der Waals surface area contributed by atoms with Gasteiger partial charge in [-0.1, -0.05) is 0 Å². The summed E-state index contributed by atoms with van der Waals surface area (Å²) < 4.78 is 37.5. The molecule has 0 saturated heterocycles. The van der Waals surface area contributed by atoms with Gasteiger partial charge in [-0.25, -0.2) is 9.97 Å². The van der Waals surface area contributed by atoms with E-state index in [9.17, 15) is 13.2 Å². The second-order valence-electron chi connectivity index (χ2n) is 4.92. The molecule has 12 heteroatoms. The first kappa shape index (κ1) is 21.9. The molecule has 0 spiro atoms. The molecule has 0 atom stereocenters. The van der Waals surface area contributed by atoms with Gasteiger partial charge in [-0.3, -0.25) is 4.99 Å². The fraction of sp³-hybridized carbons (Fsp3) is 0.462. The van der Waals surface area contributed by atoms with Gasteiger partial charge in [-0.05, 0) is 0 Å². The summed E-state index contributed by atoms with van der Waals surface area (Å²) in [6.45, 7) is 0.635. The van der Waals surface area contributed by atoms with Crippen LogP contribution in [0.25, 0.3) is 0 Å². The zero-order valence-corrected chi connectivity index (χ0v) is 17.7. The summed E-state index contributed by atoms with van der Waals surface area (Å²) in [5, 5.41) is 10.2. The molecule has 0 amide bonds. The average Bonchev–Trinajstić information content (AvgIpc) is 3.16. The summed E-state index contributed by atoms with van der Waals surface area (Å²) >= 11 is 2.49. The molecule has 25 heavy (non-hydrogen) atoms. The van der Waals surface area contributed by atoms with E-state index in [1.54, 1.807) is 7.05 Å². The Morgan fingerprint density at radius 3 is 2.36 bits per heavy atom. The van der Waals surface area contributed by atoms with Crippen molar-refractivity contribution in [2.75, 3.05) is 26.0 Å². The molecule has 6 nitrogen and oxygen atoms in total. The number of guanidine groups is 1. The van der Waals surface area contributed by atoms with Crippen LogP contribution in [0.15, 0.2) is 15.8 Å². The minimum atomic E-state index is -4.41. The van der Waals surface area contributed by atoms with Crippen molar-refractivity contribution in [3.63, 3.8) is 0 Å². The first-order valence-electron chi connectivity index (χ1n) is 6.87. The van der Waals surface area contributed by atoms with E-state index in [4.69, 9.17) is 0 Å². The maximum Gasteiger partial charge on any atom is 0.434 e. The average molecular weight is 506 g/mol. The van der Waals surface area contributed by atoms with Crippen LogP contribution in [-0.4, -0.2) is 37.1 Å². The maximum absolute atomic E-state index is 12.5. The van der Waals surface area contributed by atoms with Gasteiger partial charge in [0.1, 0.15) is 5.01 Å². The van der Waals surface area contributed by atoms with Crippen LogP contribution in [0.4, 0.5) is 18.3 Å². The monoisotopic (exact) mass is 506 g/mol. The van der Waals surface area contributed by atoms with Gasteiger partial charge >= 0.3 is 6.18 Å². The zero-order valence-electron chi connectivity index (χ0n) is 13.7. The van der Waals surface area contributed by atoms with E-state index >= 15 is 0 Å². The molecule has 0 aliphatic carbocycles. The van der Waals surface area contributed by atoms with Crippen molar-refractivity contribution in [1.82, 2.24) is 20.6 Å². The number of nitrogens with one attached hydrogen (secondary N) is 2. The van der Waals surface area contributed by atoms with Crippen LogP contribution in [0.1, 0.15) is 16.4 Å². The van der Waals surface area contributed by atoms with E-state index in [2.05, 4.69) is 25.6 Å². The van der Waals surface area contributed by atoms with Crippen molar-refractivity contribution >= 4 is 57.7 Å². The molecular formula is C13H18F3IN6S2. The van der Waals surface area contributed by atoms with Crippen LogP contribution in [0.2, 0.25) is 0 Å². The Morgan fingerprint density at radius 1 is 1.16 bits per heavy atom. The number of aliphatic imine (C=N–C) groups is 1. The molecular weight excluding hydrogens is 488 g/mol. The van der Waals surface area contributed by atoms with Gasteiger partial charge in [0.05, 0.1) is 18.8 Å². The summed E-state index contributed by atoms with van der Waals surface area (Å²) in [5.41, 5.74) is -0.00816. The highest BCUT2D eigenvalue weighted by molar-refractivity contribution is 14.0. The number of hydrogen-bond donors (Lipinski definition) is 2. The van der Waals surface area contributed by atoms with Gasteiger partial charge in [-0.2, -0.15) is 13.2 Å². The van der Waals surface area contributed by atoms with E-state index in [-0.39, 0.29) is 30.5 Å². The Morgan fingerprint density at radius 2 is 1.84 bits per heavy atom. The highest BCUT2D eigenvalue weighted by Crippen LogP contribution is 2.29. The Hall–Kier alpha value is -1.15. The first-order valence-corrected chi connectivity index (χ1v) is 8.63. The van der Waals surface area contributed by atoms with Crippen LogP contribution in [0, 0.1) is 0 Å². The Balaban J connectivity index is 0.00000312. The third kappa shape index (κ3) is 6.58. The van der Waals surface area contributed by atoms with E-state index in [0.717, 1.165) is 27.5 Å². The molecule has 0 unspecified atom stereocenters. The lowest BCUT2D eigenvalue weighted by atomic mass is 10.5. The predicted molar refractivity (Wildman–Crippen MR) is 106 cm³/mol. The Labute approximate surface area is 168 Å². The molecule has 0 bridgehead atoms. The summed E-state index contributed by atoms with van der Waals surface area (Å²) in [6.07, 6.45) is -4.41. The molecule has 0 radical (unpaired) electrons. The van der Waals surface area contributed by atoms with Gasteiger partial charge < -0.3 is 15.5 Å². The van der Waals surface area contributed by atoms with E-state index in [1.165, 1.54) is 11.3 Å². The molecule has 140 valence electrons. The molecule has 2 rings (SSSR count). The lowest BCUT2D eigenvalue weighted by molar-refractivity contribution is -0.140. The molecule has 0 aromatic carbocycles. The van der Waals surface area contributed by atoms with Gasteiger partial charge in [0.2, 0.25) is 0 Å². The quantitative estimate of drug-likeness (QED) is 0.371. The molecule has 0 aliphatic heterocycles. The van der Waals surface area contributed by atoms with Gasteiger partial charge in [0.25, 0.3) is 0 Å². The number of alkyl halides is 3. The number of anilines is 1. The highest BCUT2D eigenvalue weighted by Gasteiger charge is 2.33. The van der Waals surface area contributed by atoms with Crippen LogP contribution in [-0.2, 0) is 19.3 Å². The number of hydrogen-bond acceptors (Lipinski definition) is 6. The minimum absolute atomic E-state index is 0. The molecule has 2 heterocycles. The lowest BCUT2D eigenvalue weighted by Gasteiger charge is -2.10. The van der Waals surface area contributed by atoms with Crippen molar-refractivity contribution < 1.29 is 13.2 Å². The van der Waals surface area contributed by atoms with Gasteiger partial charge in [0.15, 0.2) is 16.8 Å². The molecule has 0 saturated carbocycles. The van der Waals surface area contributed by atoms with Gasteiger partial charge in [-0.15, -0.1) is 46.7 Å². The molecule has 2 aromatic rings. The summed E-state index contributed by atoms with van der Waals surface area (Å²) in [6, 6.07) is 0. The smallest absolute Gasteiger partial charge is 0.354 e. The van der Waals surface area contributed by atoms with Crippen LogP contribution in [0.5, 0.6) is 0 Å². The number of rotatable bonds is 5. The summed E-state index contributed by atoms with van der Waals surface area (Å²) in [5.74, 6) is 0.471. The fourth-order valence-corrected chi connectivity index (χ4v) is 3.16. The zero-order chi connectivity index (χ0) is 17.7. The standard InChI is InChI=1S/C13H17F3N6S2.HI/c1-17-11(18-4-8-6-24-12(20-8)22(2)3)19-5-10-21-9(7-23-10)13(14,15)16;/h6-7H,4-5H2,1-3H3,(H2,17,18,19);1H. The Bertz CT molecular complexity index is 698. The van der Waals surface area contributed by atoms with Crippen LogP contribution in [0.3, 0.4) is 0 Å². The first-order chi connectivity index (χ1) is 11.3. The molecule has 0 aliphatic rings. The maximum atomic E-state index is 12.5. The summed E-state index contributed by atoms with van der Waals surface area (Å²) in [4.78, 5) is 13.9. The van der Waals surface area contributed by atoms with Crippen LogP contribution < -0.4 is 15.5 Å². The lowest BCUT2D eigenvalue weighted by Crippen LogP contribution is -2.36. The van der Waals surface area contributed by atoms with Crippen molar-refractivity contribution in [2.24, 2.45) is 4.99 Å². The third-order valence-corrected chi connectivity index (χ3v) is 4.74. The normalized spacial score (nSPS) is 11.8. The summed E-state index contributed by atoms with van der Waals surface area (Å²) in [7, 11) is 5.42. The fourth-order valence-electron chi connectivity index (χ4n) is 1.66. The SMILES string of the molecule is CN=C(NCc1csc(N(C)C)n1)NCc1nc(C(F)(F)F)cs1.I. The molecule has 0 fully saturated rings. The number of thiazole rings is 2. The van der Waals surface area contributed by atoms with Crippen molar-refractivity contribution in [3.8, 4) is 0 Å². The van der Waals surface area contributed by atoms with Crippen molar-refractivity contribution in [1.29, 1.82) is 0 Å². The van der Waals surface area contributed by atoms with E-state index < -0.39 is 11.9 Å². The van der Waals surface area contributed by atoms with Gasteiger partial charge in [0, 0.05) is 31.9 Å². The number of aromatic nitrogens is 2. The van der Waals surface area contributed by atoms with Crippen LogP contribution >= 0.6 is 46.7 Å². The largest absolute Gasteiger partial charge is 0.434 e. The topological polar surface area (TPSA) is 65.4 Å². The number of halogens is 4. The second-order valence-corrected chi connectivity index (χ2v) is 6.70. The van der Waals surface area contributed by atoms with E-state index in [0.29, 0.717) is 17.5 Å². The minimum Gasteiger partial charge on any atom is -0.354 e. The predicted octanol–water partition coefficient (Wildman–Crippen LogP) is 3.17. The van der Waals surface area contributed by atoms with Crippen molar-refractivity contribution in [3.05, 3.63) is 27.2 Å². The Kier molecular flexibility index (Phi) is 8.34. The highest BCUT2D eigenvalue weighted by atomic mass is 127.